The highest BCUT2D eigenvalue weighted by Crippen LogP contribution is 2.28. The molecule has 0 unspecified atom stereocenters. The molecule has 0 aliphatic carbocycles. The summed E-state index contributed by atoms with van der Waals surface area (Å²) in [5, 5.41) is 32.3. The molecular weight excluding hydrogens is 674 g/mol. The van der Waals surface area contributed by atoms with Crippen LogP contribution in [0.3, 0.4) is 0 Å². The molecule has 0 saturated carbocycles. The predicted octanol–water partition coefficient (Wildman–Crippen LogP) is 1.54. The molecule has 0 bridgehead atoms. The van der Waals surface area contributed by atoms with E-state index in [-0.39, 0.29) is 35.8 Å². The zero-order chi connectivity index (χ0) is 36.7. The van der Waals surface area contributed by atoms with E-state index in [1.165, 1.54) is 12.1 Å². The molecule has 0 spiro atoms. The minimum Gasteiger partial charge on any atom is -0.444 e. The summed E-state index contributed by atoms with van der Waals surface area (Å²) in [6.45, 7) is 7.22. The van der Waals surface area contributed by atoms with Crippen molar-refractivity contribution in [3.05, 3.63) is 38.4 Å². The summed E-state index contributed by atoms with van der Waals surface area (Å²) in [5.41, 5.74) is -1.36. The number of nitrogens with one attached hydrogen (secondary N) is 5. The zero-order valence-electron chi connectivity index (χ0n) is 27.7. The Bertz CT molecular complexity index is 1230. The van der Waals surface area contributed by atoms with Crippen molar-refractivity contribution in [2.45, 2.75) is 58.1 Å². The molecule has 1 aromatic rings. The van der Waals surface area contributed by atoms with Crippen LogP contribution in [0.25, 0.3) is 0 Å². The quantitative estimate of drug-likeness (QED) is 0.0362. The second-order valence-electron chi connectivity index (χ2n) is 11.1. The van der Waals surface area contributed by atoms with Crippen molar-refractivity contribution >= 4 is 53.8 Å². The molecule has 21 heteroatoms. The Morgan fingerprint density at radius 3 is 2.06 bits per heavy atom. The van der Waals surface area contributed by atoms with Crippen molar-refractivity contribution in [3.63, 3.8) is 0 Å². The van der Waals surface area contributed by atoms with E-state index in [4.69, 9.17) is 18.9 Å². The summed E-state index contributed by atoms with van der Waals surface area (Å²) >= 11 is 3.52. The molecular formula is C28H45N7O13S. The second-order valence-corrected chi connectivity index (χ2v) is 11.2. The number of alkyl carbamates (subject to hydrolysis) is 1. The van der Waals surface area contributed by atoms with Crippen molar-refractivity contribution in [1.82, 2.24) is 20.8 Å². The number of hydrogen-bond donors (Lipinski definition) is 6. The molecule has 0 aliphatic heterocycles. The lowest BCUT2D eigenvalue weighted by molar-refractivity contribution is -0.393. The lowest BCUT2D eigenvalue weighted by Gasteiger charge is -2.23. The topological polar surface area (TPSA) is 261 Å². The largest absolute Gasteiger partial charge is 0.444 e. The van der Waals surface area contributed by atoms with Gasteiger partial charge in [0.2, 0.25) is 11.8 Å². The summed E-state index contributed by atoms with van der Waals surface area (Å²) in [6, 6.07) is 2.25. The van der Waals surface area contributed by atoms with E-state index in [1.807, 2.05) is 4.89 Å². The Labute approximate surface area is 288 Å². The van der Waals surface area contributed by atoms with Gasteiger partial charge in [0.25, 0.3) is 11.4 Å². The van der Waals surface area contributed by atoms with Gasteiger partial charge in [0, 0.05) is 38.8 Å². The monoisotopic (exact) mass is 719 g/mol. The van der Waals surface area contributed by atoms with Gasteiger partial charge in [0.1, 0.15) is 23.9 Å². The standard InChI is InChI=1S/C28H45N7O13S/c1-28(2,3)47-27(39)32-22(26(38)31-19-25(37)48-33-49)8-9-24(36)30-11-5-13-45-15-17-46-16-14-44-12-4-10-29-21-7-6-20(34(40)41)18-23(21)35(42)43/h6-7,18,22,29,33,49H,4-5,8-17,19H2,1-3H3,(H,30,36)(H,31,38)(H,32,39)/t22-/m0/s1. The van der Waals surface area contributed by atoms with Crippen molar-refractivity contribution in [3.8, 4) is 0 Å². The molecule has 0 saturated heterocycles. The van der Waals surface area contributed by atoms with E-state index in [0.717, 1.165) is 6.07 Å². The molecule has 0 radical (unpaired) electrons. The van der Waals surface area contributed by atoms with E-state index < -0.39 is 46.0 Å². The summed E-state index contributed by atoms with van der Waals surface area (Å²) in [5.74, 6) is -1.88. The maximum atomic E-state index is 12.5. The van der Waals surface area contributed by atoms with Gasteiger partial charge in [-0.1, -0.05) is 17.7 Å². The Hall–Kier alpha value is -4.31. The number of rotatable bonds is 25. The van der Waals surface area contributed by atoms with Gasteiger partial charge in [-0.15, -0.1) is 0 Å². The van der Waals surface area contributed by atoms with Crippen LogP contribution >= 0.6 is 12.8 Å². The van der Waals surface area contributed by atoms with Crippen LogP contribution in [-0.2, 0) is 38.2 Å². The van der Waals surface area contributed by atoms with Crippen LogP contribution in [0.4, 0.5) is 21.9 Å². The van der Waals surface area contributed by atoms with Gasteiger partial charge in [0.15, 0.2) is 0 Å². The first-order chi connectivity index (χ1) is 23.2. The van der Waals surface area contributed by atoms with Crippen LogP contribution in [0, 0.1) is 20.2 Å². The minimum atomic E-state index is -1.15. The van der Waals surface area contributed by atoms with E-state index in [9.17, 15) is 39.4 Å². The molecule has 20 nitrogen and oxygen atoms in total. The van der Waals surface area contributed by atoms with E-state index in [1.54, 1.807) is 20.8 Å². The molecule has 3 amide bonds. The van der Waals surface area contributed by atoms with E-state index >= 15 is 0 Å². The number of nitro benzene ring substituents is 2. The Morgan fingerprint density at radius 2 is 1.49 bits per heavy atom. The first-order valence-corrected chi connectivity index (χ1v) is 15.7. The first-order valence-electron chi connectivity index (χ1n) is 15.3. The number of ether oxygens (including phenoxy) is 4. The summed E-state index contributed by atoms with van der Waals surface area (Å²) in [7, 11) is 0. The van der Waals surface area contributed by atoms with Crippen molar-refractivity contribution < 1.29 is 52.8 Å². The number of thiol groups is 1. The number of nitro groups is 2. The number of hydrogen-bond acceptors (Lipinski definition) is 16. The molecule has 5 N–H and O–H groups in total. The lowest BCUT2D eigenvalue weighted by atomic mass is 10.1. The SMILES string of the molecule is CC(C)(C)OC(=O)N[C@@H](CCC(=O)NCCCOCCOCCOCCCNc1ccc([N+](=O)[O-])cc1[N+](=O)[O-])C(=O)NCC(=O)ONS. The van der Waals surface area contributed by atoms with Crippen LogP contribution < -0.4 is 26.2 Å². The van der Waals surface area contributed by atoms with Gasteiger partial charge in [-0.25, -0.2) is 9.59 Å². The third-order valence-corrected chi connectivity index (χ3v) is 6.03. The Morgan fingerprint density at radius 1 is 0.878 bits per heavy atom. The smallest absolute Gasteiger partial charge is 0.408 e. The van der Waals surface area contributed by atoms with Crippen molar-refractivity contribution in [2.75, 3.05) is 64.6 Å². The van der Waals surface area contributed by atoms with Crippen LogP contribution in [0.5, 0.6) is 0 Å². The maximum Gasteiger partial charge on any atom is 0.408 e. The third-order valence-electron chi connectivity index (χ3n) is 5.94. The molecule has 0 heterocycles. The van der Waals surface area contributed by atoms with Crippen LogP contribution in [0.1, 0.15) is 46.5 Å². The van der Waals surface area contributed by atoms with Gasteiger partial charge in [0.05, 0.1) is 42.3 Å². The number of benzene rings is 1. The number of amides is 3. The summed E-state index contributed by atoms with van der Waals surface area (Å²) in [4.78, 5) is 75.3. The molecule has 0 aromatic heterocycles. The fourth-order valence-electron chi connectivity index (χ4n) is 3.73. The summed E-state index contributed by atoms with van der Waals surface area (Å²) in [6.07, 6.45) is 0.0569. The highest BCUT2D eigenvalue weighted by molar-refractivity contribution is 7.77. The average Bonchev–Trinajstić information content (AvgIpc) is 3.02. The average molecular weight is 720 g/mol. The number of nitrogens with zero attached hydrogens (tertiary/aromatic N) is 2. The van der Waals surface area contributed by atoms with Gasteiger partial charge in [-0.3, -0.25) is 29.8 Å². The molecule has 1 rings (SSSR count). The molecule has 0 fully saturated rings. The Kier molecular flexibility index (Phi) is 20.9. The maximum absolute atomic E-state index is 12.5. The lowest BCUT2D eigenvalue weighted by Crippen LogP contribution is -2.49. The second kappa shape index (κ2) is 23.9. The predicted molar refractivity (Wildman–Crippen MR) is 177 cm³/mol. The molecule has 1 atom stereocenters. The van der Waals surface area contributed by atoms with Gasteiger partial charge in [-0.05, 0) is 46.1 Å². The van der Waals surface area contributed by atoms with Crippen LogP contribution in [-0.4, -0.2) is 105 Å². The molecule has 0 aliphatic rings. The van der Waals surface area contributed by atoms with Crippen molar-refractivity contribution in [2.24, 2.45) is 0 Å². The van der Waals surface area contributed by atoms with Gasteiger partial charge >= 0.3 is 12.1 Å². The fraction of sp³-hybridized carbons (Fsp3) is 0.643. The number of anilines is 1. The molecule has 1 aromatic carbocycles. The number of carbonyl (C=O) groups is 4. The normalized spacial score (nSPS) is 11.6. The zero-order valence-corrected chi connectivity index (χ0v) is 28.5. The number of non-ortho nitro benzene ring substituents is 1. The Balaban J connectivity index is 2.15. The van der Waals surface area contributed by atoms with Crippen LogP contribution in [0.15, 0.2) is 18.2 Å². The summed E-state index contributed by atoms with van der Waals surface area (Å²) < 4.78 is 21.5. The highest BCUT2D eigenvalue weighted by Gasteiger charge is 2.25. The van der Waals surface area contributed by atoms with E-state index in [0.29, 0.717) is 65.6 Å². The first kappa shape index (κ1) is 42.7. The number of carbonyl (C=O) groups excluding carboxylic acids is 4. The minimum absolute atomic E-state index is 0.0574. The molecule has 276 valence electrons. The highest BCUT2D eigenvalue weighted by atomic mass is 32.1. The third kappa shape index (κ3) is 20.6. The van der Waals surface area contributed by atoms with Crippen molar-refractivity contribution in [1.29, 1.82) is 0 Å². The van der Waals surface area contributed by atoms with E-state index in [2.05, 4.69) is 38.9 Å². The van der Waals surface area contributed by atoms with Crippen LogP contribution in [0.2, 0.25) is 0 Å². The van der Waals surface area contributed by atoms with Gasteiger partial charge < -0.3 is 45.1 Å². The fourth-order valence-corrected chi connectivity index (χ4v) is 3.83. The molecule has 49 heavy (non-hydrogen) atoms. The van der Waals surface area contributed by atoms with Gasteiger partial charge in [-0.2, -0.15) is 0 Å².